The molecule has 1 aromatic rings. The molecule has 0 saturated heterocycles. The van der Waals surface area contributed by atoms with Crippen molar-refractivity contribution in [2.75, 3.05) is 5.75 Å². The van der Waals surface area contributed by atoms with Gasteiger partial charge in [0.1, 0.15) is 0 Å². The van der Waals surface area contributed by atoms with Crippen LogP contribution in [0.5, 0.6) is 0 Å². The zero-order valence-electron chi connectivity index (χ0n) is 10.4. The molecule has 0 fully saturated rings. The van der Waals surface area contributed by atoms with Crippen LogP contribution in [-0.4, -0.2) is 20.1 Å². The lowest BCUT2D eigenvalue weighted by molar-refractivity contribution is 0.207. The minimum atomic E-state index is 0.0220. The first-order chi connectivity index (χ1) is 7.47. The van der Waals surface area contributed by atoms with E-state index < -0.39 is 0 Å². The second kappa shape index (κ2) is 3.95. The summed E-state index contributed by atoms with van der Waals surface area (Å²) in [5.74, 6) is 1.04. The molecule has 0 amide bonds. The van der Waals surface area contributed by atoms with E-state index in [2.05, 4.69) is 25.9 Å². The van der Waals surface area contributed by atoms with Crippen LogP contribution < -0.4 is 5.69 Å². The van der Waals surface area contributed by atoms with Crippen molar-refractivity contribution in [2.45, 2.75) is 44.8 Å². The summed E-state index contributed by atoms with van der Waals surface area (Å²) in [4.78, 5) is 12.0. The highest BCUT2D eigenvalue weighted by Gasteiger charge is 2.38. The molecule has 90 valence electrons. The number of thioether (sulfide) groups is 1. The Morgan fingerprint density at radius 2 is 2.25 bits per heavy atom. The summed E-state index contributed by atoms with van der Waals surface area (Å²) in [5, 5.41) is 5.16. The summed E-state index contributed by atoms with van der Waals surface area (Å²) in [6.07, 6.45) is 2.14. The van der Waals surface area contributed by atoms with Crippen LogP contribution in [0.1, 0.15) is 39.7 Å². The number of fused-ring (bicyclic) bond motifs is 1. The zero-order valence-corrected chi connectivity index (χ0v) is 11.2. The normalized spacial score (nSPS) is 23.1. The number of hydrogen-bond donors (Lipinski definition) is 0. The van der Waals surface area contributed by atoms with Crippen LogP contribution in [0.15, 0.2) is 9.95 Å². The molecular formula is C11H19N3OS. The van der Waals surface area contributed by atoms with E-state index in [1.807, 2.05) is 4.57 Å². The Hall–Kier alpha value is -0.710. The highest BCUT2D eigenvalue weighted by molar-refractivity contribution is 7.99. The molecule has 0 aromatic carbocycles. The molecule has 1 atom stereocenters. The lowest BCUT2D eigenvalue weighted by Crippen LogP contribution is -2.39. The second-order valence-electron chi connectivity index (χ2n) is 5.14. The lowest BCUT2D eigenvalue weighted by atomic mass is 9.83. The first-order valence-corrected chi connectivity index (χ1v) is 6.74. The molecule has 2 heterocycles. The van der Waals surface area contributed by atoms with E-state index in [0.29, 0.717) is 0 Å². The van der Waals surface area contributed by atoms with Crippen molar-refractivity contribution in [3.05, 3.63) is 10.5 Å². The lowest BCUT2D eigenvalue weighted by Gasteiger charge is -2.38. The molecule has 4 nitrogen and oxygen atoms in total. The monoisotopic (exact) mass is 241 g/mol. The van der Waals surface area contributed by atoms with Gasteiger partial charge >= 0.3 is 5.69 Å². The summed E-state index contributed by atoms with van der Waals surface area (Å²) >= 11 is 1.69. The number of rotatable bonds is 2. The van der Waals surface area contributed by atoms with Gasteiger partial charge in [0.15, 0.2) is 5.16 Å². The van der Waals surface area contributed by atoms with Gasteiger partial charge in [0.2, 0.25) is 0 Å². The van der Waals surface area contributed by atoms with Gasteiger partial charge in [-0.3, -0.25) is 4.57 Å². The first-order valence-electron chi connectivity index (χ1n) is 5.75. The fourth-order valence-corrected chi connectivity index (χ4v) is 3.53. The third kappa shape index (κ3) is 1.71. The molecule has 0 aliphatic carbocycles. The minimum absolute atomic E-state index is 0.0220. The SMILES string of the molecule is CCCC1n2c(nn(C)c2=O)SCC1(C)C. The summed E-state index contributed by atoms with van der Waals surface area (Å²) < 4.78 is 3.34. The van der Waals surface area contributed by atoms with E-state index in [1.165, 1.54) is 4.68 Å². The Morgan fingerprint density at radius 3 is 2.88 bits per heavy atom. The van der Waals surface area contributed by atoms with Crippen molar-refractivity contribution in [3.8, 4) is 0 Å². The van der Waals surface area contributed by atoms with E-state index >= 15 is 0 Å². The van der Waals surface area contributed by atoms with Crippen molar-refractivity contribution < 1.29 is 0 Å². The van der Waals surface area contributed by atoms with Gasteiger partial charge in [-0.2, -0.15) is 0 Å². The number of aromatic nitrogens is 3. The zero-order chi connectivity index (χ0) is 11.9. The van der Waals surface area contributed by atoms with Gasteiger partial charge < -0.3 is 0 Å². The van der Waals surface area contributed by atoms with Crippen LogP contribution in [0.4, 0.5) is 0 Å². The summed E-state index contributed by atoms with van der Waals surface area (Å²) in [6, 6.07) is 0.287. The molecule has 2 rings (SSSR count). The third-order valence-corrected chi connectivity index (χ3v) is 4.70. The van der Waals surface area contributed by atoms with Crippen molar-refractivity contribution >= 4 is 11.8 Å². The van der Waals surface area contributed by atoms with Crippen LogP contribution in [-0.2, 0) is 7.05 Å². The maximum absolute atomic E-state index is 12.0. The fraction of sp³-hybridized carbons (Fsp3) is 0.818. The average molecular weight is 241 g/mol. The number of nitrogens with zero attached hydrogens (tertiary/aromatic N) is 3. The molecule has 0 bridgehead atoms. The van der Waals surface area contributed by atoms with E-state index in [-0.39, 0.29) is 17.1 Å². The fourth-order valence-electron chi connectivity index (χ4n) is 2.31. The smallest absolute Gasteiger partial charge is 0.266 e. The van der Waals surface area contributed by atoms with Crippen molar-refractivity contribution in [2.24, 2.45) is 12.5 Å². The first kappa shape index (κ1) is 11.8. The van der Waals surface area contributed by atoms with E-state index in [1.54, 1.807) is 18.8 Å². The van der Waals surface area contributed by atoms with Gasteiger partial charge in [-0.1, -0.05) is 39.0 Å². The number of hydrogen-bond acceptors (Lipinski definition) is 3. The summed E-state index contributed by atoms with van der Waals surface area (Å²) in [7, 11) is 1.73. The Balaban J connectivity index is 2.52. The molecule has 0 saturated carbocycles. The molecule has 0 spiro atoms. The molecular weight excluding hydrogens is 222 g/mol. The van der Waals surface area contributed by atoms with Crippen molar-refractivity contribution in [1.29, 1.82) is 0 Å². The van der Waals surface area contributed by atoms with E-state index in [4.69, 9.17) is 0 Å². The molecule has 1 aliphatic rings. The quantitative estimate of drug-likeness (QED) is 0.795. The molecule has 16 heavy (non-hydrogen) atoms. The standard InChI is InChI=1S/C11H19N3OS/c1-5-6-8-11(2,3)7-16-9-12-13(4)10(15)14(8)9/h8H,5-7H2,1-4H3. The molecule has 5 heteroatoms. The van der Waals surface area contributed by atoms with Gasteiger partial charge in [0.05, 0.1) is 0 Å². The van der Waals surface area contributed by atoms with Crippen LogP contribution in [0, 0.1) is 5.41 Å². The van der Waals surface area contributed by atoms with Crippen molar-refractivity contribution in [3.63, 3.8) is 0 Å². The summed E-state index contributed by atoms with van der Waals surface area (Å²) in [5.41, 5.74) is 0.189. The van der Waals surface area contributed by atoms with Gasteiger partial charge in [0.25, 0.3) is 0 Å². The maximum atomic E-state index is 12.0. The van der Waals surface area contributed by atoms with Crippen LogP contribution in [0.25, 0.3) is 0 Å². The molecule has 1 aromatic heterocycles. The van der Waals surface area contributed by atoms with Gasteiger partial charge in [0, 0.05) is 18.8 Å². The predicted octanol–water partition coefficient (Wildman–Crippen LogP) is 2.05. The van der Waals surface area contributed by atoms with Gasteiger partial charge in [-0.25, -0.2) is 9.48 Å². The highest BCUT2D eigenvalue weighted by Crippen LogP contribution is 2.43. The molecule has 0 radical (unpaired) electrons. The molecule has 1 aliphatic heterocycles. The maximum Gasteiger partial charge on any atom is 0.346 e. The van der Waals surface area contributed by atoms with Crippen LogP contribution in [0.3, 0.4) is 0 Å². The molecule has 0 N–H and O–H groups in total. The van der Waals surface area contributed by atoms with Crippen LogP contribution in [0.2, 0.25) is 0 Å². The largest absolute Gasteiger partial charge is 0.346 e. The predicted molar refractivity (Wildman–Crippen MR) is 65.9 cm³/mol. The highest BCUT2D eigenvalue weighted by atomic mass is 32.2. The summed E-state index contributed by atoms with van der Waals surface area (Å²) in [6.45, 7) is 6.64. The topological polar surface area (TPSA) is 39.8 Å². The Kier molecular flexibility index (Phi) is 2.90. The Labute approximate surface area is 100 Å². The number of aryl methyl sites for hydroxylation is 1. The van der Waals surface area contributed by atoms with Gasteiger partial charge in [-0.05, 0) is 11.8 Å². The van der Waals surface area contributed by atoms with Crippen molar-refractivity contribution in [1.82, 2.24) is 14.3 Å². The van der Waals surface area contributed by atoms with Gasteiger partial charge in [-0.15, -0.1) is 5.10 Å². The van der Waals surface area contributed by atoms with E-state index in [9.17, 15) is 4.79 Å². The second-order valence-corrected chi connectivity index (χ2v) is 6.08. The third-order valence-electron chi connectivity index (χ3n) is 3.27. The average Bonchev–Trinajstić information content (AvgIpc) is 2.49. The minimum Gasteiger partial charge on any atom is -0.266 e. The van der Waals surface area contributed by atoms with Crippen LogP contribution >= 0.6 is 11.8 Å². The molecule has 1 unspecified atom stereocenters. The Morgan fingerprint density at radius 1 is 1.56 bits per heavy atom. The Bertz CT molecular complexity index is 447. The van der Waals surface area contributed by atoms with E-state index in [0.717, 1.165) is 23.8 Å².